The van der Waals surface area contributed by atoms with Crippen LogP contribution in [-0.2, 0) is 5.41 Å². The molecule has 1 saturated heterocycles. The Morgan fingerprint density at radius 3 is 2.63 bits per heavy atom. The molecule has 0 radical (unpaired) electrons. The molecule has 1 unspecified atom stereocenters. The van der Waals surface area contributed by atoms with E-state index >= 15 is 0 Å². The van der Waals surface area contributed by atoms with Crippen molar-refractivity contribution in [3.63, 3.8) is 0 Å². The molecule has 19 heavy (non-hydrogen) atoms. The zero-order valence-corrected chi connectivity index (χ0v) is 12.3. The third kappa shape index (κ3) is 3.25. The molecule has 1 fully saturated rings. The molecule has 1 aromatic heterocycles. The van der Waals surface area contributed by atoms with Gasteiger partial charge in [-0.05, 0) is 12.1 Å². The zero-order valence-electron chi connectivity index (χ0n) is 12.3. The van der Waals surface area contributed by atoms with Crippen LogP contribution in [0.15, 0.2) is 4.52 Å². The molecule has 1 aliphatic heterocycles. The fraction of sp³-hybridized carbons (Fsp3) is 0.846. The summed E-state index contributed by atoms with van der Waals surface area (Å²) in [6.45, 7) is 12.0. The van der Waals surface area contributed by atoms with Crippen molar-refractivity contribution in [2.75, 3.05) is 37.7 Å². The van der Waals surface area contributed by atoms with Crippen LogP contribution >= 0.6 is 0 Å². The van der Waals surface area contributed by atoms with E-state index in [1.165, 1.54) is 0 Å². The first-order valence-corrected chi connectivity index (χ1v) is 6.86. The van der Waals surface area contributed by atoms with Crippen LogP contribution in [0.4, 0.5) is 5.95 Å². The number of hydrogen-bond acceptors (Lipinski definition) is 6. The van der Waals surface area contributed by atoms with Gasteiger partial charge in [0.1, 0.15) is 0 Å². The first kappa shape index (κ1) is 14.3. The second-order valence-electron chi connectivity index (χ2n) is 6.22. The number of aromatic nitrogens is 2. The van der Waals surface area contributed by atoms with Gasteiger partial charge in [-0.15, -0.1) is 0 Å². The fourth-order valence-electron chi connectivity index (χ4n) is 2.31. The largest absolute Gasteiger partial charge is 0.395 e. The van der Waals surface area contributed by atoms with Crippen molar-refractivity contribution in [1.29, 1.82) is 0 Å². The number of hydrogen-bond donors (Lipinski definition) is 1. The van der Waals surface area contributed by atoms with E-state index in [1.807, 2.05) is 0 Å². The number of anilines is 1. The first-order valence-electron chi connectivity index (χ1n) is 6.86. The molecule has 2 heterocycles. The lowest BCUT2D eigenvalue weighted by Gasteiger charge is -2.38. The maximum Gasteiger partial charge on any atom is 0.266 e. The molecule has 0 aromatic carbocycles. The Morgan fingerprint density at radius 1 is 1.37 bits per heavy atom. The molecule has 0 saturated carbocycles. The minimum absolute atomic E-state index is 0.118. The highest BCUT2D eigenvalue weighted by Gasteiger charge is 2.29. The summed E-state index contributed by atoms with van der Waals surface area (Å²) in [4.78, 5) is 8.94. The lowest BCUT2D eigenvalue weighted by atomic mass is 9.97. The lowest BCUT2D eigenvalue weighted by Crippen LogP contribution is -2.53. The summed E-state index contributed by atoms with van der Waals surface area (Å²) in [7, 11) is 0. The Bertz CT molecular complexity index is 413. The SMILES string of the molecule is CC1CN(CCO)CCN1c1noc(C(C)(C)C)n1. The Kier molecular flexibility index (Phi) is 4.10. The third-order valence-electron chi connectivity index (χ3n) is 3.44. The summed E-state index contributed by atoms with van der Waals surface area (Å²) < 4.78 is 5.35. The average Bonchev–Trinajstić information content (AvgIpc) is 2.78. The van der Waals surface area contributed by atoms with E-state index < -0.39 is 0 Å². The Balaban J connectivity index is 2.05. The molecule has 0 aliphatic carbocycles. The second-order valence-corrected chi connectivity index (χ2v) is 6.22. The van der Waals surface area contributed by atoms with Gasteiger partial charge in [0.05, 0.1) is 6.61 Å². The Hall–Kier alpha value is -1.14. The van der Waals surface area contributed by atoms with Crippen molar-refractivity contribution in [3.05, 3.63) is 5.89 Å². The number of piperazine rings is 1. The van der Waals surface area contributed by atoms with E-state index in [2.05, 4.69) is 47.6 Å². The maximum atomic E-state index is 8.99. The smallest absolute Gasteiger partial charge is 0.266 e. The highest BCUT2D eigenvalue weighted by molar-refractivity contribution is 5.31. The molecule has 0 bridgehead atoms. The number of nitrogens with zero attached hydrogens (tertiary/aromatic N) is 4. The Morgan fingerprint density at radius 2 is 2.11 bits per heavy atom. The van der Waals surface area contributed by atoms with Gasteiger partial charge in [-0.25, -0.2) is 0 Å². The minimum Gasteiger partial charge on any atom is -0.395 e. The third-order valence-corrected chi connectivity index (χ3v) is 3.44. The fourth-order valence-corrected chi connectivity index (χ4v) is 2.31. The molecule has 108 valence electrons. The lowest BCUT2D eigenvalue weighted by molar-refractivity contribution is 0.173. The number of rotatable bonds is 3. The van der Waals surface area contributed by atoms with Gasteiger partial charge in [0.25, 0.3) is 5.95 Å². The maximum absolute atomic E-state index is 8.99. The van der Waals surface area contributed by atoms with Crippen molar-refractivity contribution in [2.45, 2.75) is 39.2 Å². The molecule has 0 amide bonds. The molecule has 0 spiro atoms. The molecule has 1 aromatic rings. The van der Waals surface area contributed by atoms with Crippen LogP contribution in [0.1, 0.15) is 33.6 Å². The predicted molar refractivity (Wildman–Crippen MR) is 73.3 cm³/mol. The summed E-state index contributed by atoms with van der Waals surface area (Å²) in [6, 6.07) is 0.325. The molecule has 6 heteroatoms. The van der Waals surface area contributed by atoms with E-state index in [1.54, 1.807) is 0 Å². The number of aliphatic hydroxyl groups is 1. The van der Waals surface area contributed by atoms with Crippen molar-refractivity contribution >= 4 is 5.95 Å². The van der Waals surface area contributed by atoms with Crippen molar-refractivity contribution in [2.24, 2.45) is 0 Å². The summed E-state index contributed by atoms with van der Waals surface area (Å²) in [6.07, 6.45) is 0. The van der Waals surface area contributed by atoms with E-state index in [0.29, 0.717) is 17.9 Å². The average molecular weight is 268 g/mol. The van der Waals surface area contributed by atoms with Crippen LogP contribution in [0, 0.1) is 0 Å². The van der Waals surface area contributed by atoms with Crippen LogP contribution in [0.2, 0.25) is 0 Å². The topological polar surface area (TPSA) is 65.6 Å². The van der Waals surface area contributed by atoms with Gasteiger partial charge in [0.15, 0.2) is 0 Å². The number of β-amino-alcohol motifs (C(OH)–C–C–N with tert-alkyl or cyclic N) is 1. The van der Waals surface area contributed by atoms with Crippen molar-refractivity contribution in [3.8, 4) is 0 Å². The normalized spacial score (nSPS) is 21.9. The van der Waals surface area contributed by atoms with E-state index in [0.717, 1.165) is 26.2 Å². The summed E-state index contributed by atoms with van der Waals surface area (Å²) in [5, 5.41) is 13.1. The van der Waals surface area contributed by atoms with Crippen molar-refractivity contribution < 1.29 is 9.63 Å². The van der Waals surface area contributed by atoms with Gasteiger partial charge in [0.2, 0.25) is 5.89 Å². The van der Waals surface area contributed by atoms with Crippen LogP contribution in [-0.4, -0.2) is 59.0 Å². The highest BCUT2D eigenvalue weighted by atomic mass is 16.5. The minimum atomic E-state index is -0.118. The standard InChI is InChI=1S/C13H24N4O2/c1-10-9-16(7-8-18)5-6-17(10)12-14-11(19-15-12)13(2,3)4/h10,18H,5-9H2,1-4H3. The zero-order chi connectivity index (χ0) is 14.0. The van der Waals surface area contributed by atoms with Crippen LogP contribution in [0.5, 0.6) is 0 Å². The monoisotopic (exact) mass is 268 g/mol. The van der Waals surface area contributed by atoms with Crippen molar-refractivity contribution in [1.82, 2.24) is 15.0 Å². The van der Waals surface area contributed by atoms with Crippen LogP contribution in [0.25, 0.3) is 0 Å². The van der Waals surface area contributed by atoms with Gasteiger partial charge in [-0.1, -0.05) is 20.8 Å². The van der Waals surface area contributed by atoms with Gasteiger partial charge < -0.3 is 14.5 Å². The molecular weight excluding hydrogens is 244 g/mol. The molecular formula is C13H24N4O2. The molecule has 1 N–H and O–H groups in total. The molecule has 1 aliphatic rings. The summed E-state index contributed by atoms with van der Waals surface area (Å²) >= 11 is 0. The van der Waals surface area contributed by atoms with Crippen LogP contribution < -0.4 is 4.90 Å². The van der Waals surface area contributed by atoms with E-state index in [-0.39, 0.29) is 12.0 Å². The molecule has 6 nitrogen and oxygen atoms in total. The van der Waals surface area contributed by atoms with Gasteiger partial charge in [0, 0.05) is 37.6 Å². The molecule has 2 rings (SSSR count). The highest BCUT2D eigenvalue weighted by Crippen LogP contribution is 2.24. The second kappa shape index (κ2) is 5.46. The van der Waals surface area contributed by atoms with E-state index in [4.69, 9.17) is 9.63 Å². The summed E-state index contributed by atoms with van der Waals surface area (Å²) in [5.41, 5.74) is -0.118. The predicted octanol–water partition coefficient (Wildman–Crippen LogP) is 0.870. The van der Waals surface area contributed by atoms with Gasteiger partial charge >= 0.3 is 0 Å². The first-order chi connectivity index (χ1) is 8.91. The Labute approximate surface area is 114 Å². The van der Waals surface area contributed by atoms with Gasteiger partial charge in [-0.3, -0.25) is 4.90 Å². The van der Waals surface area contributed by atoms with Gasteiger partial charge in [-0.2, -0.15) is 4.98 Å². The summed E-state index contributed by atoms with van der Waals surface area (Å²) in [5.74, 6) is 1.36. The molecule has 1 atom stereocenters. The van der Waals surface area contributed by atoms with Crippen LogP contribution in [0.3, 0.4) is 0 Å². The van der Waals surface area contributed by atoms with E-state index in [9.17, 15) is 0 Å². The number of aliphatic hydroxyl groups excluding tert-OH is 1. The quantitative estimate of drug-likeness (QED) is 0.877.